The van der Waals surface area contributed by atoms with Gasteiger partial charge in [0.25, 0.3) is 5.91 Å². The summed E-state index contributed by atoms with van der Waals surface area (Å²) >= 11 is 0. The molecule has 0 aliphatic rings. The number of carbonyl (C=O) groups is 1. The monoisotopic (exact) mass is 284 g/mol. The minimum atomic E-state index is -0.261. The van der Waals surface area contributed by atoms with E-state index in [1.54, 1.807) is 19.2 Å². The van der Waals surface area contributed by atoms with Gasteiger partial charge in [0.1, 0.15) is 11.5 Å². The van der Waals surface area contributed by atoms with Crippen LogP contribution in [0.4, 0.5) is 0 Å². The number of hydrogen-bond donors (Lipinski definition) is 1. The summed E-state index contributed by atoms with van der Waals surface area (Å²) in [4.78, 5) is 12.0. The molecule has 0 fully saturated rings. The Morgan fingerprint density at radius 2 is 1.71 bits per heavy atom. The Kier molecular flexibility index (Phi) is 4.26. The van der Waals surface area contributed by atoms with E-state index in [-0.39, 0.29) is 5.91 Å². The molecular weight excluding hydrogens is 264 g/mol. The molecule has 4 nitrogen and oxygen atoms in total. The number of rotatable bonds is 3. The predicted octanol–water partition coefficient (Wildman–Crippen LogP) is 3.59. The van der Waals surface area contributed by atoms with Gasteiger partial charge in [0.05, 0.1) is 11.8 Å². The summed E-state index contributed by atoms with van der Waals surface area (Å²) in [6.07, 6.45) is 1.68. The fourth-order valence-electron chi connectivity index (χ4n) is 2.47. The quantitative estimate of drug-likeness (QED) is 0.691. The second-order valence-electron chi connectivity index (χ2n) is 5.34. The summed E-state index contributed by atoms with van der Waals surface area (Å²) in [5.41, 5.74) is 7.58. The zero-order valence-electron chi connectivity index (χ0n) is 13.1. The Hall–Kier alpha value is -2.36. The summed E-state index contributed by atoms with van der Waals surface area (Å²) in [5, 5.41) is 4.05. The van der Waals surface area contributed by atoms with Crippen LogP contribution < -0.4 is 5.43 Å². The SMILES string of the molecule is Cc1cc(C)c(/C=N\NC(=O)c2cc(C)oc2C)c(C)c1. The van der Waals surface area contributed by atoms with Crippen molar-refractivity contribution in [1.82, 2.24) is 5.43 Å². The second-order valence-corrected chi connectivity index (χ2v) is 5.34. The van der Waals surface area contributed by atoms with Crippen molar-refractivity contribution < 1.29 is 9.21 Å². The molecule has 4 heteroatoms. The molecule has 0 saturated heterocycles. The van der Waals surface area contributed by atoms with Gasteiger partial charge in [0, 0.05) is 5.56 Å². The fraction of sp³-hybridized carbons (Fsp3) is 0.294. The number of benzene rings is 1. The van der Waals surface area contributed by atoms with Gasteiger partial charge >= 0.3 is 0 Å². The maximum absolute atomic E-state index is 12.0. The first-order valence-electron chi connectivity index (χ1n) is 6.86. The Labute approximate surface area is 124 Å². The molecule has 110 valence electrons. The lowest BCUT2D eigenvalue weighted by Gasteiger charge is -2.06. The van der Waals surface area contributed by atoms with E-state index in [9.17, 15) is 4.79 Å². The maximum Gasteiger partial charge on any atom is 0.274 e. The van der Waals surface area contributed by atoms with Crippen molar-refractivity contribution in [2.45, 2.75) is 34.6 Å². The van der Waals surface area contributed by atoms with Crippen LogP contribution >= 0.6 is 0 Å². The molecule has 2 rings (SSSR count). The normalized spacial score (nSPS) is 11.1. The lowest BCUT2D eigenvalue weighted by atomic mass is 10.0. The molecule has 1 aromatic heterocycles. The minimum absolute atomic E-state index is 0.261. The molecule has 0 atom stereocenters. The summed E-state index contributed by atoms with van der Waals surface area (Å²) in [6, 6.07) is 5.90. The summed E-state index contributed by atoms with van der Waals surface area (Å²) < 4.78 is 5.34. The van der Waals surface area contributed by atoms with Crippen molar-refractivity contribution >= 4 is 12.1 Å². The highest BCUT2D eigenvalue weighted by Crippen LogP contribution is 2.15. The highest BCUT2D eigenvalue weighted by atomic mass is 16.3. The number of hydrazone groups is 1. The van der Waals surface area contributed by atoms with E-state index in [0.29, 0.717) is 17.1 Å². The number of hydrogen-bond acceptors (Lipinski definition) is 3. The molecule has 0 aliphatic heterocycles. The van der Waals surface area contributed by atoms with Crippen molar-refractivity contribution in [3.63, 3.8) is 0 Å². The highest BCUT2D eigenvalue weighted by Gasteiger charge is 2.12. The summed E-state index contributed by atoms with van der Waals surface area (Å²) in [5.74, 6) is 1.05. The van der Waals surface area contributed by atoms with Crippen LogP contribution in [0, 0.1) is 34.6 Å². The fourth-order valence-corrected chi connectivity index (χ4v) is 2.47. The van der Waals surface area contributed by atoms with Crippen LogP contribution in [-0.4, -0.2) is 12.1 Å². The van der Waals surface area contributed by atoms with Crippen molar-refractivity contribution in [3.05, 3.63) is 57.5 Å². The average Bonchev–Trinajstić information content (AvgIpc) is 2.71. The lowest BCUT2D eigenvalue weighted by Crippen LogP contribution is -2.18. The number of carbonyl (C=O) groups excluding carboxylic acids is 1. The predicted molar refractivity (Wildman–Crippen MR) is 83.9 cm³/mol. The number of nitrogens with zero attached hydrogens (tertiary/aromatic N) is 1. The molecule has 0 bridgehead atoms. The van der Waals surface area contributed by atoms with Crippen LogP contribution in [0.1, 0.15) is 44.1 Å². The van der Waals surface area contributed by atoms with Gasteiger partial charge in [-0.1, -0.05) is 17.7 Å². The third-order valence-corrected chi connectivity index (χ3v) is 3.38. The molecule has 0 saturated carbocycles. The van der Waals surface area contributed by atoms with Crippen molar-refractivity contribution in [3.8, 4) is 0 Å². The molecule has 1 heterocycles. The van der Waals surface area contributed by atoms with Crippen molar-refractivity contribution in [2.75, 3.05) is 0 Å². The van der Waals surface area contributed by atoms with Gasteiger partial charge in [-0.25, -0.2) is 5.43 Å². The van der Waals surface area contributed by atoms with E-state index in [1.807, 2.05) is 20.8 Å². The second kappa shape index (κ2) is 5.95. The first kappa shape index (κ1) is 15.0. The number of furan rings is 1. The van der Waals surface area contributed by atoms with Crippen LogP contribution in [0.15, 0.2) is 27.7 Å². The van der Waals surface area contributed by atoms with Gasteiger partial charge in [-0.2, -0.15) is 5.10 Å². The minimum Gasteiger partial charge on any atom is -0.466 e. The van der Waals surface area contributed by atoms with Gasteiger partial charge < -0.3 is 4.42 Å². The van der Waals surface area contributed by atoms with Gasteiger partial charge in [-0.3, -0.25) is 4.79 Å². The maximum atomic E-state index is 12.0. The molecule has 1 amide bonds. The van der Waals surface area contributed by atoms with Gasteiger partial charge in [-0.15, -0.1) is 0 Å². The molecule has 0 radical (unpaired) electrons. The van der Waals surface area contributed by atoms with E-state index in [0.717, 1.165) is 16.7 Å². The smallest absolute Gasteiger partial charge is 0.274 e. The standard InChI is InChI=1S/C17H20N2O2/c1-10-6-11(2)16(12(3)7-10)9-18-19-17(20)15-8-13(4)21-14(15)5/h6-9H,1-5H3,(H,19,20)/b18-9-. The Morgan fingerprint density at radius 1 is 1.10 bits per heavy atom. The van der Waals surface area contributed by atoms with Crippen LogP contribution in [0.25, 0.3) is 0 Å². The third-order valence-electron chi connectivity index (χ3n) is 3.38. The van der Waals surface area contributed by atoms with Crippen LogP contribution in [0.3, 0.4) is 0 Å². The van der Waals surface area contributed by atoms with E-state index >= 15 is 0 Å². The zero-order chi connectivity index (χ0) is 15.6. The summed E-state index contributed by atoms with van der Waals surface area (Å²) in [7, 11) is 0. The van der Waals surface area contributed by atoms with Crippen molar-refractivity contribution in [1.29, 1.82) is 0 Å². The molecule has 2 aromatic rings. The molecule has 1 aromatic carbocycles. The van der Waals surface area contributed by atoms with E-state index in [2.05, 4.69) is 29.6 Å². The number of nitrogens with one attached hydrogen (secondary N) is 1. The zero-order valence-corrected chi connectivity index (χ0v) is 13.1. The van der Waals surface area contributed by atoms with E-state index < -0.39 is 0 Å². The van der Waals surface area contributed by atoms with Gasteiger partial charge in [0.15, 0.2) is 0 Å². The molecule has 21 heavy (non-hydrogen) atoms. The van der Waals surface area contributed by atoms with Crippen LogP contribution in [0.5, 0.6) is 0 Å². The Morgan fingerprint density at radius 3 is 2.24 bits per heavy atom. The first-order valence-corrected chi connectivity index (χ1v) is 6.86. The largest absolute Gasteiger partial charge is 0.466 e. The lowest BCUT2D eigenvalue weighted by molar-refractivity contribution is 0.0953. The van der Waals surface area contributed by atoms with Crippen LogP contribution in [-0.2, 0) is 0 Å². The average molecular weight is 284 g/mol. The molecule has 0 unspecified atom stereocenters. The first-order chi connectivity index (χ1) is 9.88. The van der Waals surface area contributed by atoms with E-state index in [4.69, 9.17) is 4.42 Å². The molecular formula is C17H20N2O2. The number of aryl methyl sites for hydroxylation is 5. The van der Waals surface area contributed by atoms with Crippen LogP contribution in [0.2, 0.25) is 0 Å². The third kappa shape index (κ3) is 3.40. The molecule has 0 aliphatic carbocycles. The van der Waals surface area contributed by atoms with Gasteiger partial charge in [0.2, 0.25) is 0 Å². The summed E-state index contributed by atoms with van der Waals surface area (Å²) in [6.45, 7) is 9.71. The van der Waals surface area contributed by atoms with Gasteiger partial charge in [-0.05, 0) is 51.8 Å². The highest BCUT2D eigenvalue weighted by molar-refractivity contribution is 5.96. The van der Waals surface area contributed by atoms with E-state index in [1.165, 1.54) is 5.56 Å². The molecule has 0 spiro atoms. The molecule has 1 N–H and O–H groups in total. The topological polar surface area (TPSA) is 54.6 Å². The Balaban J connectivity index is 2.13. The Bertz CT molecular complexity index is 689. The number of amides is 1. The van der Waals surface area contributed by atoms with Crippen molar-refractivity contribution in [2.24, 2.45) is 5.10 Å².